The maximum absolute atomic E-state index is 4.53. The summed E-state index contributed by atoms with van der Waals surface area (Å²) in [6.07, 6.45) is 1.87. The van der Waals surface area contributed by atoms with E-state index >= 15 is 0 Å². The third-order valence-electron chi connectivity index (χ3n) is 3.48. The zero-order valence-corrected chi connectivity index (χ0v) is 12.5. The van der Waals surface area contributed by atoms with E-state index in [-0.39, 0.29) is 0 Å². The molecular formula is C17H18N2S. The molecule has 0 saturated heterocycles. The van der Waals surface area contributed by atoms with E-state index in [1.807, 2.05) is 6.20 Å². The van der Waals surface area contributed by atoms with Crippen LogP contribution in [-0.2, 0) is 0 Å². The minimum Gasteiger partial charge on any atom is -0.362 e. The van der Waals surface area contributed by atoms with Crippen molar-refractivity contribution in [2.45, 2.75) is 19.9 Å². The van der Waals surface area contributed by atoms with Crippen LogP contribution >= 0.6 is 11.3 Å². The molecule has 2 aromatic heterocycles. The van der Waals surface area contributed by atoms with E-state index in [1.165, 1.54) is 15.6 Å². The lowest BCUT2D eigenvalue weighted by Crippen LogP contribution is -2.16. The number of pyridine rings is 1. The molecule has 3 aromatic rings. The van der Waals surface area contributed by atoms with Gasteiger partial charge >= 0.3 is 0 Å². The van der Waals surface area contributed by atoms with Crippen molar-refractivity contribution in [3.8, 4) is 0 Å². The van der Waals surface area contributed by atoms with Gasteiger partial charge in [-0.2, -0.15) is 0 Å². The van der Waals surface area contributed by atoms with Crippen molar-refractivity contribution in [3.05, 3.63) is 58.9 Å². The van der Waals surface area contributed by atoms with Crippen molar-refractivity contribution >= 4 is 27.9 Å². The van der Waals surface area contributed by atoms with Crippen LogP contribution in [0.1, 0.15) is 24.8 Å². The first-order valence-electron chi connectivity index (χ1n) is 6.89. The SMILES string of the molecule is CC(C)C(Nc1nccc2ccccc12)c1cccs1. The largest absolute Gasteiger partial charge is 0.362 e. The first-order valence-corrected chi connectivity index (χ1v) is 7.77. The van der Waals surface area contributed by atoms with Crippen molar-refractivity contribution in [2.24, 2.45) is 5.92 Å². The second-order valence-electron chi connectivity index (χ2n) is 5.26. The Morgan fingerprint density at radius 1 is 1.05 bits per heavy atom. The number of benzene rings is 1. The molecule has 2 heterocycles. The predicted octanol–water partition coefficient (Wildman–Crippen LogP) is 5.11. The minimum absolute atomic E-state index is 0.299. The molecule has 1 atom stereocenters. The van der Waals surface area contributed by atoms with E-state index in [1.54, 1.807) is 11.3 Å². The average Bonchev–Trinajstić information content (AvgIpc) is 2.98. The average molecular weight is 282 g/mol. The molecule has 0 spiro atoms. The van der Waals surface area contributed by atoms with Crippen molar-refractivity contribution in [3.63, 3.8) is 0 Å². The molecule has 0 radical (unpaired) electrons. The van der Waals surface area contributed by atoms with Gasteiger partial charge in [0.25, 0.3) is 0 Å². The van der Waals surface area contributed by atoms with Gasteiger partial charge in [-0.15, -0.1) is 11.3 Å². The van der Waals surface area contributed by atoms with Gasteiger partial charge in [0.15, 0.2) is 0 Å². The summed E-state index contributed by atoms with van der Waals surface area (Å²) in [5, 5.41) is 8.15. The van der Waals surface area contributed by atoms with Gasteiger partial charge in [0, 0.05) is 16.5 Å². The van der Waals surface area contributed by atoms with Gasteiger partial charge in [0.05, 0.1) is 6.04 Å². The number of rotatable bonds is 4. The third-order valence-corrected chi connectivity index (χ3v) is 4.44. The van der Waals surface area contributed by atoms with E-state index in [4.69, 9.17) is 0 Å². The van der Waals surface area contributed by atoms with Gasteiger partial charge in [0.1, 0.15) is 5.82 Å². The van der Waals surface area contributed by atoms with E-state index in [0.29, 0.717) is 12.0 Å². The van der Waals surface area contributed by atoms with Crippen molar-refractivity contribution in [1.29, 1.82) is 0 Å². The molecule has 0 bridgehead atoms. The van der Waals surface area contributed by atoms with Crippen molar-refractivity contribution in [2.75, 3.05) is 5.32 Å². The fourth-order valence-electron chi connectivity index (χ4n) is 2.42. The fourth-order valence-corrected chi connectivity index (χ4v) is 3.37. The molecule has 0 aliphatic rings. The van der Waals surface area contributed by atoms with Gasteiger partial charge in [-0.1, -0.05) is 44.2 Å². The maximum Gasteiger partial charge on any atom is 0.134 e. The van der Waals surface area contributed by atoms with Crippen LogP contribution in [0.25, 0.3) is 10.8 Å². The lowest BCUT2D eigenvalue weighted by atomic mass is 10.0. The van der Waals surface area contributed by atoms with Crippen LogP contribution < -0.4 is 5.32 Å². The van der Waals surface area contributed by atoms with Crippen LogP contribution in [0, 0.1) is 5.92 Å². The third kappa shape index (κ3) is 2.54. The molecule has 102 valence electrons. The van der Waals surface area contributed by atoms with Gasteiger partial charge in [-0.3, -0.25) is 0 Å². The number of aromatic nitrogens is 1. The molecular weight excluding hydrogens is 264 g/mol. The molecule has 1 N–H and O–H groups in total. The smallest absolute Gasteiger partial charge is 0.134 e. The van der Waals surface area contributed by atoms with Crippen LogP contribution in [0.3, 0.4) is 0 Å². The summed E-state index contributed by atoms with van der Waals surface area (Å²) in [5.74, 6) is 1.48. The number of hydrogen-bond acceptors (Lipinski definition) is 3. The highest BCUT2D eigenvalue weighted by Gasteiger charge is 2.17. The Labute approximate surface area is 123 Å². The normalized spacial score (nSPS) is 12.8. The summed E-state index contributed by atoms with van der Waals surface area (Å²) in [6, 6.07) is 15.0. The van der Waals surface area contributed by atoms with Gasteiger partial charge in [-0.05, 0) is 28.8 Å². The first kappa shape index (κ1) is 13.1. The lowest BCUT2D eigenvalue weighted by molar-refractivity contribution is 0.552. The molecule has 0 aliphatic carbocycles. The number of nitrogens with one attached hydrogen (secondary N) is 1. The van der Waals surface area contributed by atoms with E-state index in [2.05, 4.69) is 72.0 Å². The van der Waals surface area contributed by atoms with Crippen LogP contribution in [0.2, 0.25) is 0 Å². The standard InChI is InChI=1S/C17H18N2S/c1-12(2)16(15-8-5-11-20-15)19-17-14-7-4-3-6-13(14)9-10-18-17/h3-12,16H,1-2H3,(H,18,19). The van der Waals surface area contributed by atoms with Crippen LogP contribution in [0.15, 0.2) is 54.0 Å². The summed E-state index contributed by atoms with van der Waals surface area (Å²) in [6.45, 7) is 4.48. The minimum atomic E-state index is 0.299. The van der Waals surface area contributed by atoms with Crippen LogP contribution in [-0.4, -0.2) is 4.98 Å². The second kappa shape index (κ2) is 5.63. The molecule has 0 fully saturated rings. The molecule has 2 nitrogen and oxygen atoms in total. The van der Waals surface area contributed by atoms with Crippen molar-refractivity contribution in [1.82, 2.24) is 4.98 Å². The Bertz CT molecular complexity index is 684. The monoisotopic (exact) mass is 282 g/mol. The maximum atomic E-state index is 4.53. The van der Waals surface area contributed by atoms with Gasteiger partial charge in [0.2, 0.25) is 0 Å². The highest BCUT2D eigenvalue weighted by molar-refractivity contribution is 7.10. The Kier molecular flexibility index (Phi) is 3.70. The molecule has 0 saturated carbocycles. The molecule has 3 heteroatoms. The first-order chi connectivity index (χ1) is 9.75. The lowest BCUT2D eigenvalue weighted by Gasteiger charge is -2.22. The van der Waals surface area contributed by atoms with Gasteiger partial charge in [-0.25, -0.2) is 4.98 Å². The Hall–Kier alpha value is -1.87. The molecule has 20 heavy (non-hydrogen) atoms. The van der Waals surface area contributed by atoms with Crippen LogP contribution in [0.5, 0.6) is 0 Å². The summed E-state index contributed by atoms with van der Waals surface area (Å²) < 4.78 is 0. The second-order valence-corrected chi connectivity index (χ2v) is 6.24. The van der Waals surface area contributed by atoms with E-state index in [0.717, 1.165) is 5.82 Å². The summed E-state index contributed by atoms with van der Waals surface area (Å²) in [4.78, 5) is 5.89. The van der Waals surface area contributed by atoms with E-state index < -0.39 is 0 Å². The summed E-state index contributed by atoms with van der Waals surface area (Å²) >= 11 is 1.79. The summed E-state index contributed by atoms with van der Waals surface area (Å²) in [7, 11) is 0. The topological polar surface area (TPSA) is 24.9 Å². The molecule has 0 amide bonds. The molecule has 0 aliphatic heterocycles. The van der Waals surface area contributed by atoms with Gasteiger partial charge < -0.3 is 5.32 Å². The van der Waals surface area contributed by atoms with Crippen LogP contribution in [0.4, 0.5) is 5.82 Å². The molecule has 1 unspecified atom stereocenters. The number of fused-ring (bicyclic) bond motifs is 1. The highest BCUT2D eigenvalue weighted by atomic mass is 32.1. The number of nitrogens with zero attached hydrogens (tertiary/aromatic N) is 1. The number of hydrogen-bond donors (Lipinski definition) is 1. The Morgan fingerprint density at radius 3 is 2.65 bits per heavy atom. The predicted molar refractivity (Wildman–Crippen MR) is 87.3 cm³/mol. The fraction of sp³-hybridized carbons (Fsp3) is 0.235. The number of anilines is 1. The zero-order valence-electron chi connectivity index (χ0n) is 11.7. The zero-order chi connectivity index (χ0) is 13.9. The van der Waals surface area contributed by atoms with E-state index in [9.17, 15) is 0 Å². The molecule has 3 rings (SSSR count). The molecule has 1 aromatic carbocycles. The quantitative estimate of drug-likeness (QED) is 0.719. The Morgan fingerprint density at radius 2 is 1.90 bits per heavy atom. The number of thiophene rings is 1. The highest BCUT2D eigenvalue weighted by Crippen LogP contribution is 2.31. The van der Waals surface area contributed by atoms with Crippen molar-refractivity contribution < 1.29 is 0 Å². The Balaban J connectivity index is 1.99. The summed E-state index contributed by atoms with van der Waals surface area (Å²) in [5.41, 5.74) is 0.